The van der Waals surface area contributed by atoms with E-state index >= 15 is 0 Å². The smallest absolute Gasteiger partial charge is 0.265 e. The Bertz CT molecular complexity index is 1550. The van der Waals surface area contributed by atoms with Gasteiger partial charge in [-0.3, -0.25) is 10.2 Å². The van der Waals surface area contributed by atoms with E-state index in [0.29, 0.717) is 12.1 Å². The Morgan fingerprint density at radius 3 is 2.69 bits per heavy atom. The van der Waals surface area contributed by atoms with Gasteiger partial charge in [0.1, 0.15) is 5.82 Å². The molecule has 0 unspecified atom stereocenters. The highest BCUT2D eigenvalue weighted by atomic mass is 16.2. The van der Waals surface area contributed by atoms with Gasteiger partial charge in [0.25, 0.3) is 5.91 Å². The number of amides is 1. The average molecular weight is 476 g/mol. The number of hydrazine groups is 1. The fourth-order valence-corrected chi connectivity index (χ4v) is 5.28. The van der Waals surface area contributed by atoms with E-state index in [1.807, 2.05) is 25.1 Å². The molecule has 5 rings (SSSR count). The fourth-order valence-electron chi connectivity index (χ4n) is 5.28. The normalized spacial score (nSPS) is 13.7. The van der Waals surface area contributed by atoms with Crippen molar-refractivity contribution in [1.82, 2.24) is 15.0 Å². The van der Waals surface area contributed by atoms with Crippen molar-refractivity contribution in [2.75, 3.05) is 0 Å². The van der Waals surface area contributed by atoms with E-state index in [0.717, 1.165) is 64.8 Å². The minimum atomic E-state index is -0.314. The molecule has 1 aliphatic carbocycles. The number of nitriles is 1. The quantitative estimate of drug-likeness (QED) is 0.184. The Hall–Kier alpha value is -4.21. The van der Waals surface area contributed by atoms with Gasteiger partial charge < -0.3 is 4.57 Å². The van der Waals surface area contributed by atoms with Crippen LogP contribution in [0.15, 0.2) is 60.7 Å². The van der Waals surface area contributed by atoms with Crippen LogP contribution in [0.4, 0.5) is 0 Å². The number of nitrogens with one attached hydrogen (secondary N) is 1. The zero-order chi connectivity index (χ0) is 25.2. The molecule has 0 fully saturated rings. The third-order valence-electron chi connectivity index (χ3n) is 6.97. The van der Waals surface area contributed by atoms with Crippen LogP contribution >= 0.6 is 0 Å². The van der Waals surface area contributed by atoms with Gasteiger partial charge in [-0.1, -0.05) is 49.4 Å². The zero-order valence-corrected chi connectivity index (χ0v) is 20.6. The van der Waals surface area contributed by atoms with Crippen LogP contribution in [-0.4, -0.2) is 15.5 Å². The molecule has 1 amide bonds. The molecule has 0 radical (unpaired) electrons. The van der Waals surface area contributed by atoms with Gasteiger partial charge in [0, 0.05) is 24.6 Å². The Labute approximate surface area is 211 Å². The van der Waals surface area contributed by atoms with Crippen LogP contribution in [0.1, 0.15) is 62.9 Å². The number of carbonyl (C=O) groups is 1. The van der Waals surface area contributed by atoms with E-state index in [1.54, 1.807) is 6.08 Å². The molecule has 0 saturated heterocycles. The van der Waals surface area contributed by atoms with Gasteiger partial charge in [-0.05, 0) is 77.3 Å². The van der Waals surface area contributed by atoms with Crippen molar-refractivity contribution in [2.45, 2.75) is 46.1 Å². The SMILES string of the molecule is CCCc1nc2c(C)cc(C(=O)NN)cc2n1Cc1ccc2c(c1)CCc1ccccc1C2=CC#N. The van der Waals surface area contributed by atoms with Crippen molar-refractivity contribution in [3.05, 3.63) is 105 Å². The second-order valence-electron chi connectivity index (χ2n) is 9.33. The zero-order valence-electron chi connectivity index (χ0n) is 20.6. The summed E-state index contributed by atoms with van der Waals surface area (Å²) in [5, 5.41) is 9.50. The lowest BCUT2D eigenvalue weighted by atomic mass is 9.93. The molecule has 3 aromatic carbocycles. The monoisotopic (exact) mass is 475 g/mol. The number of hydrogen-bond donors (Lipinski definition) is 2. The molecular formula is C30H29N5O. The molecular weight excluding hydrogens is 446 g/mol. The molecule has 36 heavy (non-hydrogen) atoms. The maximum absolute atomic E-state index is 12.3. The third kappa shape index (κ3) is 4.19. The number of benzene rings is 3. The standard InChI is InChI=1S/C30H29N5O/c1-3-6-28-33-29-19(2)15-23(30(36)34-32)17-27(29)35(28)18-20-9-12-25-22(16-20)11-10-21-7-4-5-8-24(21)26(25)13-14-31/h4-5,7-9,12-13,15-17H,3,6,10-11,18,32H2,1-2H3,(H,34,36). The van der Waals surface area contributed by atoms with Crippen LogP contribution in [0.2, 0.25) is 0 Å². The Balaban J connectivity index is 1.60. The second kappa shape index (κ2) is 9.80. The topological polar surface area (TPSA) is 96.7 Å². The number of aryl methyl sites for hydroxylation is 4. The molecule has 0 bridgehead atoms. The summed E-state index contributed by atoms with van der Waals surface area (Å²) in [6.45, 7) is 4.77. The summed E-state index contributed by atoms with van der Waals surface area (Å²) in [4.78, 5) is 17.2. The highest BCUT2D eigenvalue weighted by Crippen LogP contribution is 2.34. The summed E-state index contributed by atoms with van der Waals surface area (Å²) in [5.74, 6) is 6.10. The molecule has 180 valence electrons. The largest absolute Gasteiger partial charge is 0.323 e. The number of nitrogen functional groups attached to an aromatic ring is 1. The summed E-state index contributed by atoms with van der Waals surface area (Å²) in [5.41, 5.74) is 12.5. The highest BCUT2D eigenvalue weighted by Gasteiger charge is 2.20. The molecule has 1 aromatic heterocycles. The van der Waals surface area contributed by atoms with Gasteiger partial charge in [0.05, 0.1) is 17.1 Å². The average Bonchev–Trinajstić information content (AvgIpc) is 3.15. The number of nitrogens with two attached hydrogens (primary N) is 1. The maximum Gasteiger partial charge on any atom is 0.265 e. The van der Waals surface area contributed by atoms with Crippen LogP contribution in [0, 0.1) is 18.3 Å². The summed E-state index contributed by atoms with van der Waals surface area (Å²) in [7, 11) is 0. The van der Waals surface area contributed by atoms with Crippen LogP contribution in [0.25, 0.3) is 16.6 Å². The van der Waals surface area contributed by atoms with E-state index in [2.05, 4.69) is 59.4 Å². The first-order valence-electron chi connectivity index (χ1n) is 12.3. The summed E-state index contributed by atoms with van der Waals surface area (Å²) < 4.78 is 2.22. The van der Waals surface area contributed by atoms with Crippen LogP contribution < -0.4 is 11.3 Å². The van der Waals surface area contributed by atoms with Gasteiger partial charge >= 0.3 is 0 Å². The lowest BCUT2D eigenvalue weighted by Crippen LogP contribution is -2.30. The van der Waals surface area contributed by atoms with E-state index in [-0.39, 0.29) is 5.91 Å². The molecule has 6 nitrogen and oxygen atoms in total. The second-order valence-corrected chi connectivity index (χ2v) is 9.33. The summed E-state index contributed by atoms with van der Waals surface area (Å²) in [6.07, 6.45) is 5.33. The van der Waals surface area contributed by atoms with Gasteiger partial charge in [-0.2, -0.15) is 5.26 Å². The first kappa shape index (κ1) is 23.5. The van der Waals surface area contributed by atoms with Crippen molar-refractivity contribution >= 4 is 22.5 Å². The van der Waals surface area contributed by atoms with Gasteiger partial charge in [-0.25, -0.2) is 10.8 Å². The molecule has 1 aliphatic rings. The van der Waals surface area contributed by atoms with Crippen molar-refractivity contribution in [3.8, 4) is 6.07 Å². The van der Waals surface area contributed by atoms with Crippen molar-refractivity contribution in [1.29, 1.82) is 5.26 Å². The number of aromatic nitrogens is 2. The molecule has 6 heteroatoms. The van der Waals surface area contributed by atoms with Crippen molar-refractivity contribution < 1.29 is 4.79 Å². The fraction of sp³-hybridized carbons (Fsp3) is 0.233. The number of imidazole rings is 1. The summed E-state index contributed by atoms with van der Waals surface area (Å²) >= 11 is 0. The van der Waals surface area contributed by atoms with Crippen LogP contribution in [0.3, 0.4) is 0 Å². The highest BCUT2D eigenvalue weighted by molar-refractivity contribution is 5.98. The Morgan fingerprint density at radius 1 is 1.14 bits per heavy atom. The minimum absolute atomic E-state index is 0.314. The first-order chi connectivity index (χ1) is 17.5. The molecule has 0 atom stereocenters. The molecule has 0 saturated carbocycles. The summed E-state index contributed by atoms with van der Waals surface area (Å²) in [6, 6.07) is 20.9. The van der Waals surface area contributed by atoms with Crippen LogP contribution in [-0.2, 0) is 25.8 Å². The Morgan fingerprint density at radius 2 is 1.92 bits per heavy atom. The molecule has 1 heterocycles. The number of carbonyl (C=O) groups excluding carboxylic acids is 1. The van der Waals surface area contributed by atoms with Gasteiger partial charge in [0.2, 0.25) is 0 Å². The maximum atomic E-state index is 12.3. The number of nitrogens with zero attached hydrogens (tertiary/aromatic N) is 3. The molecule has 3 N–H and O–H groups in total. The third-order valence-corrected chi connectivity index (χ3v) is 6.97. The predicted octanol–water partition coefficient (Wildman–Crippen LogP) is 5.00. The van der Waals surface area contributed by atoms with E-state index in [1.165, 1.54) is 16.7 Å². The van der Waals surface area contributed by atoms with Crippen molar-refractivity contribution in [2.24, 2.45) is 5.84 Å². The predicted molar refractivity (Wildman–Crippen MR) is 142 cm³/mol. The number of hydrogen-bond acceptors (Lipinski definition) is 4. The van der Waals surface area contributed by atoms with E-state index in [4.69, 9.17) is 10.8 Å². The van der Waals surface area contributed by atoms with Crippen molar-refractivity contribution in [3.63, 3.8) is 0 Å². The molecule has 4 aromatic rings. The molecule has 0 aliphatic heterocycles. The number of fused-ring (bicyclic) bond motifs is 3. The lowest BCUT2D eigenvalue weighted by molar-refractivity contribution is 0.0953. The lowest BCUT2D eigenvalue weighted by Gasteiger charge is -2.14. The number of allylic oxidation sites excluding steroid dienone is 1. The van der Waals surface area contributed by atoms with Crippen LogP contribution in [0.5, 0.6) is 0 Å². The van der Waals surface area contributed by atoms with E-state index in [9.17, 15) is 10.1 Å². The Kier molecular flexibility index (Phi) is 6.41. The van der Waals surface area contributed by atoms with E-state index < -0.39 is 0 Å². The van der Waals surface area contributed by atoms with Gasteiger partial charge in [0.15, 0.2) is 0 Å². The minimum Gasteiger partial charge on any atom is -0.323 e. The molecule has 0 spiro atoms. The van der Waals surface area contributed by atoms with Gasteiger partial charge in [-0.15, -0.1) is 0 Å². The number of rotatable bonds is 5. The first-order valence-corrected chi connectivity index (χ1v) is 12.3.